The molecule has 0 fully saturated rings. The number of aromatic nitrogens is 1. The van der Waals surface area contributed by atoms with Gasteiger partial charge in [-0.2, -0.15) is 0 Å². The van der Waals surface area contributed by atoms with Crippen LogP contribution >= 0.6 is 11.3 Å². The van der Waals surface area contributed by atoms with Crippen LogP contribution in [0.1, 0.15) is 22.2 Å². The summed E-state index contributed by atoms with van der Waals surface area (Å²) in [6.45, 7) is 0.193. The fourth-order valence-corrected chi connectivity index (χ4v) is 4.35. The van der Waals surface area contributed by atoms with E-state index in [0.717, 1.165) is 21.3 Å². The maximum atomic E-state index is 13.0. The van der Waals surface area contributed by atoms with Gasteiger partial charge in [0.15, 0.2) is 12.1 Å². The van der Waals surface area contributed by atoms with Gasteiger partial charge in [0.1, 0.15) is 11.6 Å². The van der Waals surface area contributed by atoms with Gasteiger partial charge in [0, 0.05) is 5.56 Å². The molecule has 0 amide bonds. The molecule has 2 atom stereocenters. The quantitative estimate of drug-likeness (QED) is 0.435. The second kappa shape index (κ2) is 8.08. The average Bonchev–Trinajstić information content (AvgIpc) is 3.43. The van der Waals surface area contributed by atoms with Crippen molar-refractivity contribution in [2.75, 3.05) is 0 Å². The number of fused-ring (bicyclic) bond motifs is 1. The van der Waals surface area contributed by atoms with Crippen LogP contribution in [0.2, 0.25) is 0 Å². The van der Waals surface area contributed by atoms with E-state index in [1.165, 1.54) is 11.3 Å². The molecule has 0 aliphatic carbocycles. The summed E-state index contributed by atoms with van der Waals surface area (Å²) in [4.78, 5) is 22.2. The van der Waals surface area contributed by atoms with Crippen molar-refractivity contribution in [3.8, 4) is 0 Å². The highest BCUT2D eigenvalue weighted by molar-refractivity contribution is 7.18. The molecule has 0 bridgehead atoms. The Labute approximate surface area is 177 Å². The number of benzene rings is 3. The zero-order valence-electron chi connectivity index (χ0n) is 16.0. The molecule has 4 aromatic rings. The number of thiazole rings is 1. The van der Waals surface area contributed by atoms with E-state index in [0.29, 0.717) is 10.9 Å². The zero-order chi connectivity index (χ0) is 20.3. The first-order valence-corrected chi connectivity index (χ1v) is 10.5. The second-order valence-corrected chi connectivity index (χ2v) is 7.96. The highest BCUT2D eigenvalue weighted by atomic mass is 32.1. The van der Waals surface area contributed by atoms with E-state index in [1.807, 2.05) is 84.9 Å². The first-order valence-electron chi connectivity index (χ1n) is 9.64. The topological polar surface area (TPSA) is 60.8 Å². The smallest absolute Gasteiger partial charge is 0.335 e. The fraction of sp³-hybridized carbons (Fsp3) is 0.125. The number of esters is 1. The second-order valence-electron chi connectivity index (χ2n) is 6.90. The van der Waals surface area contributed by atoms with Crippen LogP contribution in [-0.4, -0.2) is 22.9 Å². The molecular weight excluding hydrogens is 396 g/mol. The van der Waals surface area contributed by atoms with Crippen LogP contribution in [0.4, 0.5) is 0 Å². The number of nitrogens with zero attached hydrogens (tertiary/aromatic N) is 2. The third kappa shape index (κ3) is 3.69. The molecule has 1 aromatic heterocycles. The summed E-state index contributed by atoms with van der Waals surface area (Å²) in [5.74, 6) is 0.00978. The molecule has 2 unspecified atom stereocenters. The van der Waals surface area contributed by atoms with Crippen LogP contribution in [0, 0.1) is 0 Å². The zero-order valence-corrected chi connectivity index (χ0v) is 16.8. The van der Waals surface area contributed by atoms with Crippen molar-refractivity contribution in [3.05, 3.63) is 101 Å². The minimum absolute atomic E-state index is 0.193. The molecule has 5 nitrogen and oxygen atoms in total. The van der Waals surface area contributed by atoms with Gasteiger partial charge in [-0.05, 0) is 29.8 Å². The minimum Gasteiger partial charge on any atom is -0.464 e. The molecule has 0 radical (unpaired) electrons. The molecule has 0 saturated carbocycles. The number of hydrogen-bond donors (Lipinski definition) is 0. The van der Waals surface area contributed by atoms with Crippen LogP contribution in [0.25, 0.3) is 10.2 Å². The Bertz CT molecular complexity index is 1170. The van der Waals surface area contributed by atoms with E-state index in [-0.39, 0.29) is 6.61 Å². The lowest BCUT2D eigenvalue weighted by atomic mass is 10.2. The number of hydrogen-bond acceptors (Lipinski definition) is 6. The Morgan fingerprint density at radius 1 is 0.933 bits per heavy atom. The van der Waals surface area contributed by atoms with E-state index in [2.05, 4.69) is 9.98 Å². The monoisotopic (exact) mass is 414 g/mol. The van der Waals surface area contributed by atoms with Gasteiger partial charge in [-0.25, -0.2) is 14.8 Å². The number of carbonyl (C=O) groups is 1. The van der Waals surface area contributed by atoms with Gasteiger partial charge in [0.2, 0.25) is 5.90 Å². The molecule has 1 aliphatic heterocycles. The van der Waals surface area contributed by atoms with E-state index >= 15 is 0 Å². The molecule has 0 N–H and O–H groups in total. The Morgan fingerprint density at radius 2 is 1.63 bits per heavy atom. The van der Waals surface area contributed by atoms with Gasteiger partial charge in [0.05, 0.1) is 10.2 Å². The van der Waals surface area contributed by atoms with Crippen LogP contribution in [0.5, 0.6) is 0 Å². The fourth-order valence-electron chi connectivity index (χ4n) is 3.32. The SMILES string of the molecule is O=C(OCc1ccccc1)C1N=C(c2ccccc2)OC1c1nc2ccccc2s1. The predicted octanol–water partition coefficient (Wildman–Crippen LogP) is 4.93. The third-order valence-corrected chi connectivity index (χ3v) is 5.92. The summed E-state index contributed by atoms with van der Waals surface area (Å²) in [7, 11) is 0. The highest BCUT2D eigenvalue weighted by Crippen LogP contribution is 2.36. The normalized spacial score (nSPS) is 18.1. The summed E-state index contributed by atoms with van der Waals surface area (Å²) in [5.41, 5.74) is 2.63. The van der Waals surface area contributed by atoms with Gasteiger partial charge in [-0.15, -0.1) is 11.3 Å². The first-order chi connectivity index (χ1) is 14.8. The average molecular weight is 414 g/mol. The number of para-hydroxylation sites is 1. The van der Waals surface area contributed by atoms with Crippen molar-refractivity contribution in [2.45, 2.75) is 18.8 Å². The number of rotatable bonds is 5. The van der Waals surface area contributed by atoms with E-state index in [1.54, 1.807) is 0 Å². The Morgan fingerprint density at radius 3 is 2.40 bits per heavy atom. The molecule has 3 aromatic carbocycles. The molecular formula is C24H18N2O3S. The molecule has 2 heterocycles. The van der Waals surface area contributed by atoms with Crippen molar-refractivity contribution < 1.29 is 14.3 Å². The molecule has 30 heavy (non-hydrogen) atoms. The summed E-state index contributed by atoms with van der Waals surface area (Å²) in [6, 6.07) is 26.2. The summed E-state index contributed by atoms with van der Waals surface area (Å²) >= 11 is 1.51. The van der Waals surface area contributed by atoms with Crippen LogP contribution in [-0.2, 0) is 20.9 Å². The van der Waals surface area contributed by atoms with Crippen molar-refractivity contribution in [1.82, 2.24) is 4.98 Å². The lowest BCUT2D eigenvalue weighted by Crippen LogP contribution is -2.26. The molecule has 148 valence electrons. The lowest BCUT2D eigenvalue weighted by molar-refractivity contribution is -0.148. The highest BCUT2D eigenvalue weighted by Gasteiger charge is 2.41. The van der Waals surface area contributed by atoms with Gasteiger partial charge < -0.3 is 9.47 Å². The van der Waals surface area contributed by atoms with Crippen LogP contribution in [0.3, 0.4) is 0 Å². The number of carbonyl (C=O) groups excluding carboxylic acids is 1. The predicted molar refractivity (Wildman–Crippen MR) is 116 cm³/mol. The third-order valence-electron chi connectivity index (χ3n) is 4.82. The van der Waals surface area contributed by atoms with Crippen molar-refractivity contribution in [1.29, 1.82) is 0 Å². The Balaban J connectivity index is 1.44. The van der Waals surface area contributed by atoms with Crippen molar-refractivity contribution >= 4 is 33.4 Å². The van der Waals surface area contributed by atoms with Crippen molar-refractivity contribution in [3.63, 3.8) is 0 Å². The standard InChI is InChI=1S/C24H18N2O3S/c27-24(28-15-16-9-3-1-4-10-16)20-21(23-25-18-13-7-8-14-19(18)30-23)29-22(26-20)17-11-5-2-6-12-17/h1-14,20-21H,15H2. The van der Waals surface area contributed by atoms with E-state index in [4.69, 9.17) is 9.47 Å². The molecule has 6 heteroatoms. The molecule has 0 spiro atoms. The maximum Gasteiger partial charge on any atom is 0.335 e. The lowest BCUT2D eigenvalue weighted by Gasteiger charge is -2.14. The van der Waals surface area contributed by atoms with Gasteiger partial charge in [0.25, 0.3) is 0 Å². The van der Waals surface area contributed by atoms with Gasteiger partial charge >= 0.3 is 5.97 Å². The largest absolute Gasteiger partial charge is 0.464 e. The van der Waals surface area contributed by atoms with Gasteiger partial charge in [-0.3, -0.25) is 0 Å². The first kappa shape index (κ1) is 18.5. The summed E-state index contributed by atoms with van der Waals surface area (Å²) in [6.07, 6.45) is -0.610. The van der Waals surface area contributed by atoms with Crippen molar-refractivity contribution in [2.24, 2.45) is 4.99 Å². The molecule has 0 saturated heterocycles. The summed E-state index contributed by atoms with van der Waals surface area (Å²) in [5, 5.41) is 0.715. The molecule has 5 rings (SSSR count). The minimum atomic E-state index is -0.801. The van der Waals surface area contributed by atoms with Gasteiger partial charge in [-0.1, -0.05) is 60.7 Å². The van der Waals surface area contributed by atoms with Crippen LogP contribution < -0.4 is 0 Å². The maximum absolute atomic E-state index is 13.0. The molecule has 1 aliphatic rings. The van der Waals surface area contributed by atoms with E-state index in [9.17, 15) is 4.79 Å². The van der Waals surface area contributed by atoms with Crippen LogP contribution in [0.15, 0.2) is 89.9 Å². The number of aliphatic imine (C=N–C) groups is 1. The number of ether oxygens (including phenoxy) is 2. The van der Waals surface area contributed by atoms with E-state index < -0.39 is 18.1 Å². The Hall–Kier alpha value is -3.51. The Kier molecular flexibility index (Phi) is 4.99. The summed E-state index contributed by atoms with van der Waals surface area (Å²) < 4.78 is 12.8.